The van der Waals surface area contributed by atoms with Crippen LogP contribution in [0, 0.1) is 6.92 Å². The Balaban J connectivity index is 1.78. The van der Waals surface area contributed by atoms with Crippen molar-refractivity contribution >= 4 is 11.8 Å². The van der Waals surface area contributed by atoms with E-state index in [-0.39, 0.29) is 0 Å². The Morgan fingerprint density at radius 2 is 1.76 bits per heavy atom. The number of thioether (sulfide) groups is 1. The molecular weight excluding hydrogens is 334 g/mol. The SMILES string of the molecule is COc1ccc(-c2nnc(SCc3cc(C)ccc3OC)n2C)cc1. The summed E-state index contributed by atoms with van der Waals surface area (Å²) in [5, 5.41) is 9.54. The summed E-state index contributed by atoms with van der Waals surface area (Å²) in [6.07, 6.45) is 0. The third kappa shape index (κ3) is 3.79. The van der Waals surface area contributed by atoms with Gasteiger partial charge in [-0.3, -0.25) is 0 Å². The molecule has 1 heterocycles. The number of methoxy groups -OCH3 is 2. The predicted octanol–water partition coefficient (Wildman–Crippen LogP) is 4.10. The topological polar surface area (TPSA) is 49.2 Å². The van der Waals surface area contributed by atoms with Crippen LogP contribution in [0.1, 0.15) is 11.1 Å². The van der Waals surface area contributed by atoms with Crippen molar-refractivity contribution in [2.24, 2.45) is 7.05 Å². The molecule has 1 aromatic heterocycles. The van der Waals surface area contributed by atoms with Gasteiger partial charge in [-0.15, -0.1) is 10.2 Å². The van der Waals surface area contributed by atoms with Crippen LogP contribution in [-0.2, 0) is 12.8 Å². The summed E-state index contributed by atoms with van der Waals surface area (Å²) in [6.45, 7) is 2.08. The van der Waals surface area contributed by atoms with Crippen LogP contribution < -0.4 is 9.47 Å². The molecule has 0 N–H and O–H groups in total. The van der Waals surface area contributed by atoms with E-state index >= 15 is 0 Å². The summed E-state index contributed by atoms with van der Waals surface area (Å²) in [7, 11) is 5.34. The van der Waals surface area contributed by atoms with Crippen molar-refractivity contribution in [1.82, 2.24) is 14.8 Å². The van der Waals surface area contributed by atoms with Crippen molar-refractivity contribution in [3.63, 3.8) is 0 Å². The molecule has 0 saturated carbocycles. The van der Waals surface area contributed by atoms with Crippen molar-refractivity contribution in [3.05, 3.63) is 53.6 Å². The van der Waals surface area contributed by atoms with Crippen molar-refractivity contribution in [3.8, 4) is 22.9 Å². The van der Waals surface area contributed by atoms with E-state index in [9.17, 15) is 0 Å². The average Bonchev–Trinajstić information content (AvgIpc) is 3.01. The van der Waals surface area contributed by atoms with Gasteiger partial charge in [0.15, 0.2) is 11.0 Å². The maximum absolute atomic E-state index is 5.45. The van der Waals surface area contributed by atoms with E-state index in [0.717, 1.165) is 39.4 Å². The predicted molar refractivity (Wildman–Crippen MR) is 100 cm³/mol. The molecule has 0 aliphatic rings. The zero-order valence-corrected chi connectivity index (χ0v) is 15.6. The number of ether oxygens (including phenoxy) is 2. The maximum Gasteiger partial charge on any atom is 0.191 e. The molecule has 0 amide bonds. The van der Waals surface area contributed by atoms with Crippen LogP contribution in [0.15, 0.2) is 47.6 Å². The van der Waals surface area contributed by atoms with E-state index in [0.29, 0.717) is 0 Å². The lowest BCUT2D eigenvalue weighted by molar-refractivity contribution is 0.411. The summed E-state index contributed by atoms with van der Waals surface area (Å²) < 4.78 is 12.7. The molecule has 6 heteroatoms. The third-order valence-electron chi connectivity index (χ3n) is 3.98. The first-order valence-corrected chi connectivity index (χ1v) is 8.91. The van der Waals surface area contributed by atoms with Crippen LogP contribution in [0.5, 0.6) is 11.5 Å². The fourth-order valence-corrected chi connectivity index (χ4v) is 3.48. The van der Waals surface area contributed by atoms with E-state index in [1.54, 1.807) is 26.0 Å². The quantitative estimate of drug-likeness (QED) is 0.623. The minimum absolute atomic E-state index is 0.777. The highest BCUT2D eigenvalue weighted by molar-refractivity contribution is 7.98. The minimum atomic E-state index is 0.777. The van der Waals surface area contributed by atoms with E-state index in [1.165, 1.54) is 5.56 Å². The number of hydrogen-bond donors (Lipinski definition) is 0. The third-order valence-corrected chi connectivity index (χ3v) is 5.04. The molecule has 0 bridgehead atoms. The number of benzene rings is 2. The van der Waals surface area contributed by atoms with Gasteiger partial charge in [0.25, 0.3) is 0 Å². The molecule has 2 aromatic carbocycles. The smallest absolute Gasteiger partial charge is 0.191 e. The minimum Gasteiger partial charge on any atom is -0.497 e. The standard InChI is InChI=1S/C19H21N3O2S/c1-13-5-10-17(24-4)15(11-13)12-25-19-21-20-18(22(19)2)14-6-8-16(23-3)9-7-14/h5-11H,12H2,1-4H3. The largest absolute Gasteiger partial charge is 0.497 e. The Bertz CT molecular complexity index is 860. The zero-order valence-electron chi connectivity index (χ0n) is 14.8. The van der Waals surface area contributed by atoms with Crippen LogP contribution in [0.4, 0.5) is 0 Å². The normalized spacial score (nSPS) is 10.7. The van der Waals surface area contributed by atoms with Crippen LogP contribution in [-0.4, -0.2) is 29.0 Å². The molecule has 3 aromatic rings. The number of nitrogens with zero attached hydrogens (tertiary/aromatic N) is 3. The van der Waals surface area contributed by atoms with E-state index < -0.39 is 0 Å². The fourth-order valence-electron chi connectivity index (χ4n) is 2.59. The number of hydrogen-bond acceptors (Lipinski definition) is 5. The monoisotopic (exact) mass is 355 g/mol. The van der Waals surface area contributed by atoms with Gasteiger partial charge in [0.2, 0.25) is 0 Å². The Kier molecular flexibility index (Phi) is 5.28. The van der Waals surface area contributed by atoms with Gasteiger partial charge in [-0.2, -0.15) is 0 Å². The molecule has 0 aliphatic heterocycles. The summed E-state index contributed by atoms with van der Waals surface area (Å²) in [4.78, 5) is 0. The van der Waals surface area contributed by atoms with Crippen LogP contribution in [0.2, 0.25) is 0 Å². The molecule has 0 aliphatic carbocycles. The van der Waals surface area contributed by atoms with Gasteiger partial charge in [-0.25, -0.2) is 0 Å². The van der Waals surface area contributed by atoms with Gasteiger partial charge in [0.05, 0.1) is 14.2 Å². The van der Waals surface area contributed by atoms with Crippen molar-refractivity contribution in [1.29, 1.82) is 0 Å². The lowest BCUT2D eigenvalue weighted by Gasteiger charge is -2.09. The molecule has 0 spiro atoms. The second-order valence-electron chi connectivity index (χ2n) is 5.70. The molecular formula is C19H21N3O2S. The first-order chi connectivity index (χ1) is 12.1. The zero-order chi connectivity index (χ0) is 17.8. The van der Waals surface area contributed by atoms with Crippen LogP contribution in [0.3, 0.4) is 0 Å². The first kappa shape index (κ1) is 17.4. The Labute approximate surface area is 152 Å². The van der Waals surface area contributed by atoms with Crippen molar-refractivity contribution < 1.29 is 9.47 Å². The number of aryl methyl sites for hydroxylation is 1. The fraction of sp³-hybridized carbons (Fsp3) is 0.263. The lowest BCUT2D eigenvalue weighted by Crippen LogP contribution is -1.96. The Morgan fingerprint density at radius 3 is 2.44 bits per heavy atom. The number of aromatic nitrogens is 3. The summed E-state index contributed by atoms with van der Waals surface area (Å²) >= 11 is 1.65. The molecule has 130 valence electrons. The highest BCUT2D eigenvalue weighted by atomic mass is 32.2. The Hall–Kier alpha value is -2.47. The molecule has 3 rings (SSSR count). The maximum atomic E-state index is 5.45. The van der Waals surface area contributed by atoms with Gasteiger partial charge in [0.1, 0.15) is 11.5 Å². The summed E-state index contributed by atoms with van der Waals surface area (Å²) in [5.41, 5.74) is 3.38. The van der Waals surface area contributed by atoms with Gasteiger partial charge in [-0.1, -0.05) is 29.5 Å². The van der Waals surface area contributed by atoms with E-state index in [1.807, 2.05) is 41.9 Å². The molecule has 25 heavy (non-hydrogen) atoms. The molecule has 0 fully saturated rings. The second kappa shape index (κ2) is 7.61. The molecule has 0 saturated heterocycles. The van der Waals surface area contributed by atoms with Crippen LogP contribution in [0.25, 0.3) is 11.4 Å². The lowest BCUT2D eigenvalue weighted by atomic mass is 10.1. The van der Waals surface area contributed by atoms with E-state index in [2.05, 4.69) is 29.3 Å². The number of rotatable bonds is 6. The second-order valence-corrected chi connectivity index (χ2v) is 6.64. The molecule has 5 nitrogen and oxygen atoms in total. The summed E-state index contributed by atoms with van der Waals surface area (Å²) in [5.74, 6) is 3.34. The average molecular weight is 355 g/mol. The molecule has 0 atom stereocenters. The van der Waals surface area contributed by atoms with E-state index in [4.69, 9.17) is 9.47 Å². The van der Waals surface area contributed by atoms with Gasteiger partial charge in [0, 0.05) is 23.9 Å². The highest BCUT2D eigenvalue weighted by Gasteiger charge is 2.13. The highest BCUT2D eigenvalue weighted by Crippen LogP contribution is 2.29. The first-order valence-electron chi connectivity index (χ1n) is 7.92. The van der Waals surface area contributed by atoms with Gasteiger partial charge in [-0.05, 0) is 37.3 Å². The van der Waals surface area contributed by atoms with Gasteiger partial charge >= 0.3 is 0 Å². The van der Waals surface area contributed by atoms with Crippen molar-refractivity contribution in [2.45, 2.75) is 17.8 Å². The van der Waals surface area contributed by atoms with Gasteiger partial charge < -0.3 is 14.0 Å². The van der Waals surface area contributed by atoms with Crippen LogP contribution >= 0.6 is 11.8 Å². The summed E-state index contributed by atoms with van der Waals surface area (Å²) in [6, 6.07) is 14.0. The molecule has 0 radical (unpaired) electrons. The Morgan fingerprint density at radius 1 is 1.00 bits per heavy atom. The molecule has 0 unspecified atom stereocenters. The van der Waals surface area contributed by atoms with Crippen molar-refractivity contribution in [2.75, 3.05) is 14.2 Å².